The Bertz CT molecular complexity index is 747. The zero-order valence-electron chi connectivity index (χ0n) is 16.1. The number of hydrogen-bond acceptors (Lipinski definition) is 5. The van der Waals surface area contributed by atoms with Crippen molar-refractivity contribution in [2.24, 2.45) is 11.8 Å². The van der Waals surface area contributed by atoms with Crippen molar-refractivity contribution in [2.45, 2.75) is 64.0 Å². The standard InChI is InChI=1S/C20H28N4O4/c1-2-15(13-6-4-3-5-7-13)23-20(28)24-17(19(26)27)14(18(24)25)10-12-8-9-22-16(21)11-12/h8-9,11,13-15,17H,2-7,10H2,1H3,(H2,21,22)(H,23,28)(H,26,27)/t14?,15?,17-/m0/s1. The molecule has 2 heterocycles. The zero-order chi connectivity index (χ0) is 20.3. The molecular weight excluding hydrogens is 360 g/mol. The molecule has 2 unspecified atom stereocenters. The van der Waals surface area contributed by atoms with E-state index in [1.165, 1.54) is 12.6 Å². The van der Waals surface area contributed by atoms with E-state index in [-0.39, 0.29) is 12.5 Å². The van der Waals surface area contributed by atoms with E-state index < -0.39 is 29.9 Å². The fraction of sp³-hybridized carbons (Fsp3) is 0.600. The Morgan fingerprint density at radius 2 is 2.07 bits per heavy atom. The molecule has 1 saturated heterocycles. The topological polar surface area (TPSA) is 126 Å². The number of hydrogen-bond donors (Lipinski definition) is 3. The minimum absolute atomic E-state index is 0.0332. The first-order valence-corrected chi connectivity index (χ1v) is 9.99. The van der Waals surface area contributed by atoms with Gasteiger partial charge in [0.25, 0.3) is 0 Å². The highest BCUT2D eigenvalue weighted by atomic mass is 16.4. The molecule has 28 heavy (non-hydrogen) atoms. The highest BCUT2D eigenvalue weighted by Crippen LogP contribution is 2.32. The molecular formula is C20H28N4O4. The van der Waals surface area contributed by atoms with Crippen molar-refractivity contribution in [3.05, 3.63) is 23.9 Å². The number of anilines is 1. The van der Waals surface area contributed by atoms with Crippen molar-refractivity contribution in [3.8, 4) is 0 Å². The van der Waals surface area contributed by atoms with Gasteiger partial charge < -0.3 is 16.2 Å². The van der Waals surface area contributed by atoms with Crippen LogP contribution in [0.2, 0.25) is 0 Å². The van der Waals surface area contributed by atoms with Crippen molar-refractivity contribution in [2.75, 3.05) is 5.73 Å². The lowest BCUT2D eigenvalue weighted by atomic mass is 9.82. The third-order valence-corrected chi connectivity index (χ3v) is 5.95. The van der Waals surface area contributed by atoms with Crippen LogP contribution in [-0.4, -0.2) is 45.0 Å². The zero-order valence-corrected chi connectivity index (χ0v) is 16.1. The maximum absolute atomic E-state index is 12.7. The van der Waals surface area contributed by atoms with Crippen molar-refractivity contribution < 1.29 is 19.5 Å². The average molecular weight is 388 g/mol. The van der Waals surface area contributed by atoms with Crippen LogP contribution in [0.15, 0.2) is 18.3 Å². The predicted octanol–water partition coefficient (Wildman–Crippen LogP) is 2.19. The lowest BCUT2D eigenvalue weighted by molar-refractivity contribution is -0.165. The summed E-state index contributed by atoms with van der Waals surface area (Å²) in [6.07, 6.45) is 8.12. The Kier molecular flexibility index (Phi) is 6.16. The number of nitrogen functional groups attached to an aromatic ring is 1. The van der Waals surface area contributed by atoms with Crippen molar-refractivity contribution in [1.82, 2.24) is 15.2 Å². The van der Waals surface area contributed by atoms with Crippen LogP contribution in [0.3, 0.4) is 0 Å². The van der Waals surface area contributed by atoms with Gasteiger partial charge in [-0.3, -0.25) is 4.79 Å². The smallest absolute Gasteiger partial charge is 0.327 e. The molecule has 0 aromatic carbocycles. The van der Waals surface area contributed by atoms with Crippen molar-refractivity contribution >= 4 is 23.7 Å². The summed E-state index contributed by atoms with van der Waals surface area (Å²) in [4.78, 5) is 41.8. The number of carbonyl (C=O) groups excluding carboxylic acids is 2. The van der Waals surface area contributed by atoms with Gasteiger partial charge in [-0.1, -0.05) is 26.2 Å². The first-order valence-electron chi connectivity index (χ1n) is 9.99. The molecule has 0 spiro atoms. The first kappa shape index (κ1) is 20.1. The summed E-state index contributed by atoms with van der Waals surface area (Å²) < 4.78 is 0. The van der Waals surface area contributed by atoms with E-state index in [0.29, 0.717) is 11.7 Å². The van der Waals surface area contributed by atoms with Gasteiger partial charge >= 0.3 is 12.0 Å². The van der Waals surface area contributed by atoms with Gasteiger partial charge in [0.2, 0.25) is 5.91 Å². The van der Waals surface area contributed by atoms with Gasteiger partial charge in [-0.25, -0.2) is 19.5 Å². The van der Waals surface area contributed by atoms with Crippen LogP contribution in [0, 0.1) is 11.8 Å². The van der Waals surface area contributed by atoms with Crippen LogP contribution in [-0.2, 0) is 16.0 Å². The quantitative estimate of drug-likeness (QED) is 0.641. The van der Waals surface area contributed by atoms with Crippen LogP contribution in [0.25, 0.3) is 0 Å². The maximum atomic E-state index is 12.7. The fourth-order valence-corrected chi connectivity index (χ4v) is 4.45. The molecule has 1 aromatic heterocycles. The van der Waals surface area contributed by atoms with E-state index in [0.717, 1.165) is 42.6 Å². The number of carboxylic acid groups (broad SMARTS) is 1. The third kappa shape index (κ3) is 4.10. The summed E-state index contributed by atoms with van der Waals surface area (Å²) >= 11 is 0. The maximum Gasteiger partial charge on any atom is 0.327 e. The van der Waals surface area contributed by atoms with Crippen LogP contribution in [0.4, 0.5) is 10.6 Å². The number of rotatable bonds is 6. The second kappa shape index (κ2) is 8.58. The minimum atomic E-state index is -1.17. The molecule has 8 heteroatoms. The Morgan fingerprint density at radius 1 is 1.36 bits per heavy atom. The number of carbonyl (C=O) groups is 3. The Balaban J connectivity index is 1.67. The number of nitrogens with zero attached hydrogens (tertiary/aromatic N) is 2. The van der Waals surface area contributed by atoms with Gasteiger partial charge in [0, 0.05) is 12.2 Å². The molecule has 2 aliphatic rings. The molecule has 4 N–H and O–H groups in total. The minimum Gasteiger partial charge on any atom is -0.480 e. The number of amides is 3. The van der Waals surface area contributed by atoms with E-state index in [4.69, 9.17) is 5.73 Å². The number of nitrogens with two attached hydrogens (primary N) is 1. The molecule has 3 rings (SSSR count). The van der Waals surface area contributed by atoms with Crippen LogP contribution >= 0.6 is 0 Å². The molecule has 3 atom stereocenters. The molecule has 1 aliphatic heterocycles. The highest BCUT2D eigenvalue weighted by molar-refractivity contribution is 6.07. The van der Waals surface area contributed by atoms with E-state index in [1.807, 2.05) is 6.92 Å². The molecule has 0 radical (unpaired) electrons. The predicted molar refractivity (Wildman–Crippen MR) is 103 cm³/mol. The molecule has 1 saturated carbocycles. The van der Waals surface area contributed by atoms with Gasteiger partial charge in [0.1, 0.15) is 5.82 Å². The normalized spacial score (nSPS) is 23.8. The number of β-lactam (4-membered cyclic amide) rings is 1. The summed E-state index contributed by atoms with van der Waals surface area (Å²) in [6.45, 7) is 2.00. The molecule has 1 aromatic rings. The second-order valence-electron chi connectivity index (χ2n) is 7.75. The lowest BCUT2D eigenvalue weighted by Crippen LogP contribution is -2.69. The molecule has 152 valence electrons. The summed E-state index contributed by atoms with van der Waals surface area (Å²) in [5.41, 5.74) is 6.38. The lowest BCUT2D eigenvalue weighted by Gasteiger charge is -2.44. The molecule has 0 bridgehead atoms. The van der Waals surface area contributed by atoms with Gasteiger partial charge in [0.15, 0.2) is 6.04 Å². The number of likely N-dealkylation sites (tertiary alicyclic amines) is 1. The molecule has 8 nitrogen and oxygen atoms in total. The van der Waals surface area contributed by atoms with E-state index in [9.17, 15) is 19.5 Å². The third-order valence-electron chi connectivity index (χ3n) is 5.95. The summed E-state index contributed by atoms with van der Waals surface area (Å²) in [5.74, 6) is -1.71. The number of nitrogens with one attached hydrogen (secondary N) is 1. The van der Waals surface area contributed by atoms with E-state index >= 15 is 0 Å². The van der Waals surface area contributed by atoms with E-state index in [1.54, 1.807) is 12.1 Å². The monoisotopic (exact) mass is 388 g/mol. The van der Waals surface area contributed by atoms with Gasteiger partial charge in [-0.05, 0) is 49.3 Å². The molecule has 2 fully saturated rings. The number of aliphatic carboxylic acids is 1. The van der Waals surface area contributed by atoms with Gasteiger partial charge in [0.05, 0.1) is 5.92 Å². The van der Waals surface area contributed by atoms with Crippen LogP contribution < -0.4 is 11.1 Å². The van der Waals surface area contributed by atoms with E-state index in [2.05, 4.69) is 10.3 Å². The Hall–Kier alpha value is -2.64. The average Bonchev–Trinajstić information content (AvgIpc) is 2.68. The van der Waals surface area contributed by atoms with Gasteiger partial charge in [-0.2, -0.15) is 0 Å². The summed E-state index contributed by atoms with van der Waals surface area (Å²) in [7, 11) is 0. The van der Waals surface area contributed by atoms with Crippen LogP contribution in [0.5, 0.6) is 0 Å². The summed E-state index contributed by atoms with van der Waals surface area (Å²) in [5, 5.41) is 12.5. The van der Waals surface area contributed by atoms with Crippen molar-refractivity contribution in [1.29, 1.82) is 0 Å². The number of aromatic nitrogens is 1. The molecule has 1 aliphatic carbocycles. The Morgan fingerprint density at radius 3 is 2.68 bits per heavy atom. The first-order chi connectivity index (χ1) is 13.4. The second-order valence-corrected chi connectivity index (χ2v) is 7.75. The van der Waals surface area contributed by atoms with Gasteiger partial charge in [-0.15, -0.1) is 0 Å². The largest absolute Gasteiger partial charge is 0.480 e. The Labute approximate surface area is 164 Å². The number of pyridine rings is 1. The van der Waals surface area contributed by atoms with Crippen LogP contribution in [0.1, 0.15) is 51.0 Å². The SMILES string of the molecule is CCC(NC(=O)N1C(=O)C(Cc2ccnc(N)c2)[C@H]1C(=O)O)C1CCCCC1. The highest BCUT2D eigenvalue weighted by Gasteiger charge is 2.54. The number of carboxylic acids is 1. The number of urea groups is 1. The molecule has 3 amide bonds. The fourth-order valence-electron chi connectivity index (χ4n) is 4.45. The van der Waals surface area contributed by atoms with Crippen molar-refractivity contribution in [3.63, 3.8) is 0 Å². The summed E-state index contributed by atoms with van der Waals surface area (Å²) in [6, 6.07) is 1.52. The number of imide groups is 1.